The van der Waals surface area contributed by atoms with E-state index < -0.39 is 24.1 Å². The van der Waals surface area contributed by atoms with Gasteiger partial charge in [-0.3, -0.25) is 0 Å². The highest BCUT2D eigenvalue weighted by atomic mass is 19.4. The van der Waals surface area contributed by atoms with Crippen LogP contribution in [0, 0.1) is 0 Å². The van der Waals surface area contributed by atoms with Gasteiger partial charge in [-0.05, 0) is 24.1 Å². The first-order valence-corrected chi connectivity index (χ1v) is 4.93. The molecule has 0 N–H and O–H groups in total. The maximum atomic E-state index is 12.6. The fraction of sp³-hybridized carbons (Fsp3) is 0.364. The molecule has 18 heavy (non-hydrogen) atoms. The van der Waals surface area contributed by atoms with Crippen LogP contribution >= 0.6 is 0 Å². The molecular weight excluding hydrogens is 259 g/mol. The predicted molar refractivity (Wildman–Crippen MR) is 52.5 cm³/mol. The third-order valence-corrected chi connectivity index (χ3v) is 2.12. The van der Waals surface area contributed by atoms with Gasteiger partial charge >= 0.3 is 12.8 Å². The van der Waals surface area contributed by atoms with Crippen LogP contribution in [0.25, 0.3) is 0 Å². The molecule has 1 aromatic rings. The molecule has 1 rings (SSSR count). The summed E-state index contributed by atoms with van der Waals surface area (Å²) in [4.78, 5) is 10.1. The summed E-state index contributed by atoms with van der Waals surface area (Å²) in [5, 5.41) is 0. The first kappa shape index (κ1) is 14.4. The van der Waals surface area contributed by atoms with Gasteiger partial charge in [0.05, 0.1) is 5.56 Å². The summed E-state index contributed by atoms with van der Waals surface area (Å²) < 4.78 is 65.5. The lowest BCUT2D eigenvalue weighted by atomic mass is 10.1. The van der Waals surface area contributed by atoms with Crippen molar-refractivity contribution in [3.05, 3.63) is 29.3 Å². The minimum atomic E-state index is -4.79. The molecule has 0 spiro atoms. The standard InChI is InChI=1S/C11H9F5O2/c12-10(13)18-9-4-3-7(2-1-5-17)6-8(9)11(14,15)16/h3-6,10H,1-2H2. The van der Waals surface area contributed by atoms with Crippen molar-refractivity contribution in [2.45, 2.75) is 25.6 Å². The highest BCUT2D eigenvalue weighted by molar-refractivity contribution is 5.50. The number of alkyl halides is 5. The second-order valence-electron chi connectivity index (χ2n) is 3.41. The highest BCUT2D eigenvalue weighted by Crippen LogP contribution is 2.37. The number of aldehydes is 1. The Morgan fingerprint density at radius 2 is 1.94 bits per heavy atom. The summed E-state index contributed by atoms with van der Waals surface area (Å²) in [6.07, 6.45) is -4.05. The van der Waals surface area contributed by atoms with E-state index in [4.69, 9.17) is 0 Å². The topological polar surface area (TPSA) is 26.3 Å². The Morgan fingerprint density at radius 1 is 1.28 bits per heavy atom. The largest absolute Gasteiger partial charge is 0.434 e. The lowest BCUT2D eigenvalue weighted by Gasteiger charge is -2.14. The molecule has 0 aliphatic carbocycles. The number of aryl methyl sites for hydroxylation is 1. The predicted octanol–water partition coefficient (Wildman–Crippen LogP) is 3.44. The summed E-state index contributed by atoms with van der Waals surface area (Å²) in [7, 11) is 0. The molecule has 0 saturated heterocycles. The molecule has 0 fully saturated rings. The third kappa shape index (κ3) is 3.97. The quantitative estimate of drug-likeness (QED) is 0.604. The number of hydrogen-bond acceptors (Lipinski definition) is 2. The lowest BCUT2D eigenvalue weighted by molar-refractivity contribution is -0.141. The van der Waals surface area contributed by atoms with Crippen molar-refractivity contribution in [3.63, 3.8) is 0 Å². The Bertz CT molecular complexity index is 414. The Balaban J connectivity index is 3.08. The van der Waals surface area contributed by atoms with E-state index >= 15 is 0 Å². The fourth-order valence-electron chi connectivity index (χ4n) is 1.38. The molecule has 0 aromatic heterocycles. The van der Waals surface area contributed by atoms with Crippen molar-refractivity contribution in [3.8, 4) is 5.75 Å². The van der Waals surface area contributed by atoms with E-state index in [9.17, 15) is 26.7 Å². The summed E-state index contributed by atoms with van der Waals surface area (Å²) in [6, 6.07) is 2.76. The van der Waals surface area contributed by atoms with Crippen LogP contribution in [0.1, 0.15) is 17.5 Å². The Hall–Kier alpha value is -1.66. The molecule has 1 aromatic carbocycles. The van der Waals surface area contributed by atoms with Crippen molar-refractivity contribution >= 4 is 6.29 Å². The molecule has 0 aliphatic heterocycles. The number of carbonyl (C=O) groups is 1. The van der Waals surface area contributed by atoms with E-state index in [1.165, 1.54) is 6.07 Å². The van der Waals surface area contributed by atoms with Gasteiger partial charge in [-0.15, -0.1) is 0 Å². The number of rotatable bonds is 5. The first-order valence-electron chi connectivity index (χ1n) is 4.93. The number of ether oxygens (including phenoxy) is 1. The van der Waals surface area contributed by atoms with Gasteiger partial charge in [0.1, 0.15) is 12.0 Å². The minimum Gasteiger partial charge on any atom is -0.434 e. The van der Waals surface area contributed by atoms with Crippen LogP contribution in [0.15, 0.2) is 18.2 Å². The average molecular weight is 268 g/mol. The van der Waals surface area contributed by atoms with Gasteiger partial charge in [0.2, 0.25) is 0 Å². The van der Waals surface area contributed by atoms with Crippen LogP contribution in [0.3, 0.4) is 0 Å². The van der Waals surface area contributed by atoms with Gasteiger partial charge < -0.3 is 9.53 Å². The SMILES string of the molecule is O=CCCc1ccc(OC(F)F)c(C(F)(F)F)c1. The van der Waals surface area contributed by atoms with E-state index in [-0.39, 0.29) is 18.4 Å². The van der Waals surface area contributed by atoms with Crippen LogP contribution in [0.2, 0.25) is 0 Å². The van der Waals surface area contributed by atoms with Crippen molar-refractivity contribution < 1.29 is 31.5 Å². The normalized spacial score (nSPS) is 11.7. The monoisotopic (exact) mass is 268 g/mol. The molecule has 7 heteroatoms. The molecule has 0 atom stereocenters. The first-order chi connectivity index (χ1) is 8.34. The molecule has 0 saturated carbocycles. The van der Waals surface area contributed by atoms with Crippen molar-refractivity contribution in [2.75, 3.05) is 0 Å². The zero-order valence-electron chi connectivity index (χ0n) is 9.01. The minimum absolute atomic E-state index is 0.0619. The van der Waals surface area contributed by atoms with Gasteiger partial charge in [-0.1, -0.05) is 6.07 Å². The van der Waals surface area contributed by atoms with E-state index in [1.807, 2.05) is 0 Å². The smallest absolute Gasteiger partial charge is 0.419 e. The molecule has 0 heterocycles. The van der Waals surface area contributed by atoms with Gasteiger partial charge in [0, 0.05) is 6.42 Å². The molecule has 0 unspecified atom stereocenters. The van der Waals surface area contributed by atoms with Crippen LogP contribution in [0.5, 0.6) is 5.75 Å². The molecule has 0 aliphatic rings. The van der Waals surface area contributed by atoms with Crippen LogP contribution < -0.4 is 4.74 Å². The summed E-state index contributed by atoms with van der Waals surface area (Å²) in [5.41, 5.74) is -1.04. The number of benzene rings is 1. The second kappa shape index (κ2) is 5.79. The average Bonchev–Trinajstić information content (AvgIpc) is 2.25. The fourth-order valence-corrected chi connectivity index (χ4v) is 1.38. The van der Waals surface area contributed by atoms with Crippen molar-refractivity contribution in [1.29, 1.82) is 0 Å². The van der Waals surface area contributed by atoms with Crippen LogP contribution in [-0.2, 0) is 17.4 Å². The molecule has 0 bridgehead atoms. The van der Waals surface area contributed by atoms with Crippen LogP contribution in [0.4, 0.5) is 22.0 Å². The van der Waals surface area contributed by atoms with Crippen molar-refractivity contribution in [2.24, 2.45) is 0 Å². The molecule has 100 valence electrons. The van der Waals surface area contributed by atoms with E-state index in [0.717, 1.165) is 6.07 Å². The maximum Gasteiger partial charge on any atom is 0.419 e. The molecule has 2 nitrogen and oxygen atoms in total. The van der Waals surface area contributed by atoms with Gasteiger partial charge in [-0.25, -0.2) is 0 Å². The van der Waals surface area contributed by atoms with Crippen LogP contribution in [-0.4, -0.2) is 12.9 Å². The lowest BCUT2D eigenvalue weighted by Crippen LogP contribution is -2.12. The molecular formula is C11H9F5O2. The molecule has 0 amide bonds. The van der Waals surface area contributed by atoms with Crippen molar-refractivity contribution in [1.82, 2.24) is 0 Å². The second-order valence-corrected chi connectivity index (χ2v) is 3.41. The van der Waals surface area contributed by atoms with Gasteiger partial charge in [0.25, 0.3) is 0 Å². The highest BCUT2D eigenvalue weighted by Gasteiger charge is 2.35. The number of hydrogen-bond donors (Lipinski definition) is 0. The summed E-state index contributed by atoms with van der Waals surface area (Å²) >= 11 is 0. The zero-order chi connectivity index (χ0) is 13.8. The summed E-state index contributed by atoms with van der Waals surface area (Å²) in [5.74, 6) is -0.924. The van der Waals surface area contributed by atoms with E-state index in [2.05, 4.69) is 4.74 Å². The Labute approximate surface area is 99.4 Å². The van der Waals surface area contributed by atoms with Gasteiger partial charge in [-0.2, -0.15) is 22.0 Å². The number of halogens is 5. The summed E-state index contributed by atoms with van der Waals surface area (Å²) in [6.45, 7) is -3.33. The van der Waals surface area contributed by atoms with E-state index in [0.29, 0.717) is 12.4 Å². The Kier molecular flexibility index (Phi) is 4.63. The van der Waals surface area contributed by atoms with E-state index in [1.54, 1.807) is 0 Å². The Morgan fingerprint density at radius 3 is 2.44 bits per heavy atom. The maximum absolute atomic E-state index is 12.6. The zero-order valence-corrected chi connectivity index (χ0v) is 9.01. The third-order valence-electron chi connectivity index (χ3n) is 2.12. The van der Waals surface area contributed by atoms with Gasteiger partial charge in [0.15, 0.2) is 0 Å². The molecule has 0 radical (unpaired) electrons. The number of carbonyl (C=O) groups excluding carboxylic acids is 1.